The molecule has 4 aromatic rings. The first-order valence-corrected chi connectivity index (χ1v) is 13.5. The summed E-state index contributed by atoms with van der Waals surface area (Å²) in [5, 5.41) is 9.84. The van der Waals surface area contributed by atoms with Gasteiger partial charge in [0.15, 0.2) is 5.58 Å². The predicted octanol–water partition coefficient (Wildman–Crippen LogP) is 5.07. The number of carbonyl (C=O) groups is 1. The summed E-state index contributed by atoms with van der Waals surface area (Å²) in [7, 11) is -2.19. The Morgan fingerprint density at radius 1 is 1.00 bits per heavy atom. The van der Waals surface area contributed by atoms with Gasteiger partial charge in [-0.25, -0.2) is 14.6 Å². The van der Waals surface area contributed by atoms with Gasteiger partial charge in [-0.1, -0.05) is 27.7 Å². The third kappa shape index (κ3) is 6.22. The van der Waals surface area contributed by atoms with Gasteiger partial charge in [-0.15, -0.1) is 0 Å². The fourth-order valence-corrected chi connectivity index (χ4v) is 6.38. The highest BCUT2D eigenvalue weighted by molar-refractivity contribution is 7.85. The molecule has 0 atom stereocenters. The summed E-state index contributed by atoms with van der Waals surface area (Å²) < 4.78 is 43.4. The van der Waals surface area contributed by atoms with Gasteiger partial charge < -0.3 is 18.8 Å². The van der Waals surface area contributed by atoms with E-state index in [9.17, 15) is 27.7 Å². The van der Waals surface area contributed by atoms with Crippen molar-refractivity contribution in [1.82, 2.24) is 4.98 Å². The second-order valence-corrected chi connectivity index (χ2v) is 12.7. The number of carboxylic acid groups (broad SMARTS) is 1. The van der Waals surface area contributed by atoms with Crippen LogP contribution in [0.25, 0.3) is 33.5 Å². The first kappa shape index (κ1) is 27.3. The lowest BCUT2D eigenvalue weighted by atomic mass is 9.76. The number of fused-ring (bicyclic) bond motifs is 2. The number of hydrogen-bond donors (Lipinski definition) is 2. The molecule has 11 heteroatoms. The van der Waals surface area contributed by atoms with Gasteiger partial charge in [-0.05, 0) is 53.6 Å². The molecule has 38 heavy (non-hydrogen) atoms. The van der Waals surface area contributed by atoms with Crippen LogP contribution >= 0.6 is 0 Å². The summed E-state index contributed by atoms with van der Waals surface area (Å²) in [5.74, 6) is -1.38. The van der Waals surface area contributed by atoms with E-state index in [1.807, 2.05) is 51.8 Å². The molecular weight excluding hydrogens is 512 g/mol. The minimum atomic E-state index is -4.09. The molecule has 0 aliphatic carbocycles. The maximum Gasteiger partial charge on any atom is 0.349 e. The molecule has 0 amide bonds. The Labute approximate surface area is 219 Å². The minimum absolute atomic E-state index is 0.0358. The number of carboxylic acids is 1. The smallest absolute Gasteiger partial charge is 0.349 e. The molecule has 2 aromatic heterocycles. The summed E-state index contributed by atoms with van der Waals surface area (Å²) in [4.78, 5) is 30.3. The molecule has 0 aliphatic heterocycles. The third-order valence-electron chi connectivity index (χ3n) is 6.22. The van der Waals surface area contributed by atoms with Crippen LogP contribution in [-0.2, 0) is 10.1 Å². The van der Waals surface area contributed by atoms with Crippen molar-refractivity contribution in [2.24, 2.45) is 10.8 Å². The standard InChI is InChI=1S/C27H30N2O8S/c1-26(2,13-27(3,4)15-38(33,34)35)14-29(5)18-8-6-16-10-19(25(32)37-22(16)12-18)23-28-20-11-17(24(30)31)7-9-21(20)36-23/h6-12H,13-15H2,1-5H3,(H,30,31)(H,33,34,35). The van der Waals surface area contributed by atoms with Crippen molar-refractivity contribution in [2.75, 3.05) is 24.2 Å². The second-order valence-electron chi connectivity index (χ2n) is 11.3. The van der Waals surface area contributed by atoms with Crippen molar-refractivity contribution < 1.29 is 31.7 Å². The first-order chi connectivity index (χ1) is 17.5. The average Bonchev–Trinajstić information content (AvgIpc) is 3.18. The molecule has 0 unspecified atom stereocenters. The summed E-state index contributed by atoms with van der Waals surface area (Å²) in [6.45, 7) is 8.27. The van der Waals surface area contributed by atoms with E-state index in [1.54, 1.807) is 12.1 Å². The van der Waals surface area contributed by atoms with Crippen molar-refractivity contribution >= 4 is 43.8 Å². The Morgan fingerprint density at radius 2 is 1.71 bits per heavy atom. The predicted molar refractivity (Wildman–Crippen MR) is 144 cm³/mol. The number of aromatic nitrogens is 1. The zero-order valence-corrected chi connectivity index (χ0v) is 22.6. The van der Waals surface area contributed by atoms with Gasteiger partial charge in [0.1, 0.15) is 16.7 Å². The topological polar surface area (TPSA) is 151 Å². The maximum atomic E-state index is 12.8. The van der Waals surface area contributed by atoms with Crippen LogP contribution in [0, 0.1) is 10.8 Å². The molecule has 0 aliphatic rings. The highest BCUT2D eigenvalue weighted by Gasteiger charge is 2.33. The molecular formula is C27H30N2O8S. The third-order valence-corrected chi connectivity index (χ3v) is 7.37. The molecule has 2 N–H and O–H groups in total. The molecule has 4 rings (SSSR count). The minimum Gasteiger partial charge on any atom is -0.478 e. The first-order valence-electron chi connectivity index (χ1n) is 11.9. The SMILES string of the molecule is CN(CC(C)(C)CC(C)(C)CS(=O)(=O)O)c1ccc2cc(-c3nc4cc(C(=O)O)ccc4o3)c(=O)oc2c1. The van der Waals surface area contributed by atoms with Crippen LogP contribution in [0.2, 0.25) is 0 Å². The lowest BCUT2D eigenvalue weighted by Crippen LogP contribution is -2.37. The van der Waals surface area contributed by atoms with E-state index in [0.717, 1.165) is 5.69 Å². The summed E-state index contributed by atoms with van der Waals surface area (Å²) in [6, 6.07) is 11.3. The van der Waals surface area contributed by atoms with Crippen molar-refractivity contribution in [3.63, 3.8) is 0 Å². The van der Waals surface area contributed by atoms with Crippen molar-refractivity contribution in [3.8, 4) is 11.5 Å². The molecule has 0 radical (unpaired) electrons. The van der Waals surface area contributed by atoms with Gasteiger partial charge >= 0.3 is 11.6 Å². The van der Waals surface area contributed by atoms with Crippen LogP contribution in [0.1, 0.15) is 44.5 Å². The highest BCUT2D eigenvalue weighted by Crippen LogP contribution is 2.36. The molecule has 10 nitrogen and oxygen atoms in total. The van der Waals surface area contributed by atoms with E-state index in [4.69, 9.17) is 8.83 Å². The van der Waals surface area contributed by atoms with E-state index in [-0.39, 0.29) is 28.2 Å². The molecule has 0 bridgehead atoms. The van der Waals surface area contributed by atoms with Crippen molar-refractivity contribution in [1.29, 1.82) is 0 Å². The summed E-state index contributed by atoms with van der Waals surface area (Å²) >= 11 is 0. The van der Waals surface area contributed by atoms with Crippen LogP contribution < -0.4 is 10.5 Å². The maximum absolute atomic E-state index is 12.8. The van der Waals surface area contributed by atoms with Crippen LogP contribution in [0.5, 0.6) is 0 Å². The number of anilines is 1. The zero-order valence-electron chi connectivity index (χ0n) is 21.8. The monoisotopic (exact) mass is 542 g/mol. The Morgan fingerprint density at radius 3 is 2.37 bits per heavy atom. The van der Waals surface area contributed by atoms with Gasteiger partial charge in [-0.3, -0.25) is 4.55 Å². The number of benzene rings is 2. The van der Waals surface area contributed by atoms with Crippen LogP contribution in [0.4, 0.5) is 5.69 Å². The number of rotatable bonds is 9. The van der Waals surface area contributed by atoms with E-state index >= 15 is 0 Å². The van der Waals surface area contributed by atoms with Crippen molar-refractivity contribution in [2.45, 2.75) is 34.1 Å². The molecule has 0 fully saturated rings. The Hall–Kier alpha value is -3.70. The highest BCUT2D eigenvalue weighted by atomic mass is 32.2. The fourth-order valence-electron chi connectivity index (χ4n) is 5.29. The molecule has 0 saturated heterocycles. The van der Waals surface area contributed by atoms with Gasteiger partial charge in [0.2, 0.25) is 5.89 Å². The molecule has 0 saturated carbocycles. The average molecular weight is 543 g/mol. The number of oxazole rings is 1. The van der Waals surface area contributed by atoms with E-state index in [1.165, 1.54) is 18.2 Å². The Balaban J connectivity index is 1.59. The van der Waals surface area contributed by atoms with E-state index in [0.29, 0.717) is 35.0 Å². The van der Waals surface area contributed by atoms with Crippen LogP contribution in [0.15, 0.2) is 56.1 Å². The summed E-state index contributed by atoms with van der Waals surface area (Å²) in [6.07, 6.45) is 0.550. The molecule has 2 aromatic carbocycles. The van der Waals surface area contributed by atoms with E-state index < -0.39 is 27.1 Å². The number of aromatic carboxylic acids is 1. The zero-order chi connectivity index (χ0) is 28.0. The largest absolute Gasteiger partial charge is 0.478 e. The summed E-state index contributed by atoms with van der Waals surface area (Å²) in [5.41, 5.74) is 0.463. The number of nitrogens with zero attached hydrogens (tertiary/aromatic N) is 2. The lowest BCUT2D eigenvalue weighted by Gasteiger charge is -2.37. The van der Waals surface area contributed by atoms with Crippen molar-refractivity contribution in [3.05, 3.63) is 58.4 Å². The number of hydrogen-bond acceptors (Lipinski definition) is 8. The fraction of sp³-hybridized carbons (Fsp3) is 0.370. The second kappa shape index (κ2) is 9.55. The normalized spacial score (nSPS) is 12.8. The Bertz CT molecular complexity index is 1700. The van der Waals surface area contributed by atoms with Crippen LogP contribution in [0.3, 0.4) is 0 Å². The quantitative estimate of drug-likeness (QED) is 0.217. The van der Waals surface area contributed by atoms with E-state index in [2.05, 4.69) is 4.98 Å². The molecule has 0 spiro atoms. The van der Waals surface area contributed by atoms with Gasteiger partial charge in [0.25, 0.3) is 10.1 Å². The Kier molecular flexibility index (Phi) is 6.87. The molecule has 202 valence electrons. The molecule has 2 heterocycles. The van der Waals surface area contributed by atoms with Gasteiger partial charge in [-0.2, -0.15) is 8.42 Å². The van der Waals surface area contributed by atoms with Crippen LogP contribution in [-0.4, -0.2) is 48.4 Å². The van der Waals surface area contributed by atoms with Gasteiger partial charge in [0.05, 0.1) is 11.3 Å². The van der Waals surface area contributed by atoms with Gasteiger partial charge in [0, 0.05) is 30.7 Å². The lowest BCUT2D eigenvalue weighted by molar-refractivity contribution is 0.0697.